The Balaban J connectivity index is 1.93. The molecule has 0 aromatic heterocycles. The van der Waals surface area contributed by atoms with Crippen molar-refractivity contribution in [2.75, 3.05) is 5.32 Å². The van der Waals surface area contributed by atoms with E-state index < -0.39 is 17.5 Å². The maximum Gasteiger partial charge on any atom is 0.329 e. The van der Waals surface area contributed by atoms with E-state index in [0.717, 1.165) is 0 Å². The van der Waals surface area contributed by atoms with Crippen LogP contribution in [0.1, 0.15) is 12.8 Å². The Bertz CT molecular complexity index is 412. The van der Waals surface area contributed by atoms with E-state index in [-0.39, 0.29) is 0 Å². The molecule has 0 spiro atoms. The van der Waals surface area contributed by atoms with Crippen LogP contribution in [0.2, 0.25) is 0 Å². The summed E-state index contributed by atoms with van der Waals surface area (Å²) in [6.07, 6.45) is 0.981. The second kappa shape index (κ2) is 3.84. The Morgan fingerprint density at radius 2 is 1.81 bits per heavy atom. The van der Waals surface area contributed by atoms with Gasteiger partial charge in [-0.25, -0.2) is 9.59 Å². The number of carboxylic acid groups (broad SMARTS) is 1. The molecule has 5 heteroatoms. The molecule has 0 saturated heterocycles. The van der Waals surface area contributed by atoms with Crippen molar-refractivity contribution in [3.63, 3.8) is 0 Å². The number of urea groups is 1. The molecule has 16 heavy (non-hydrogen) atoms. The number of carboxylic acids is 1. The molecule has 1 fully saturated rings. The number of carbonyl (C=O) groups is 2. The minimum absolute atomic E-state index is 0.480. The van der Waals surface area contributed by atoms with Gasteiger partial charge in [-0.1, -0.05) is 18.2 Å². The maximum atomic E-state index is 11.5. The van der Waals surface area contributed by atoms with Crippen LogP contribution in [-0.2, 0) is 4.79 Å². The Kier molecular flexibility index (Phi) is 2.52. The first kappa shape index (κ1) is 10.5. The van der Waals surface area contributed by atoms with E-state index in [1.807, 2.05) is 6.07 Å². The summed E-state index contributed by atoms with van der Waals surface area (Å²) >= 11 is 0. The van der Waals surface area contributed by atoms with Gasteiger partial charge in [0.1, 0.15) is 5.54 Å². The van der Waals surface area contributed by atoms with E-state index in [1.54, 1.807) is 24.3 Å². The van der Waals surface area contributed by atoms with Gasteiger partial charge in [0.25, 0.3) is 0 Å². The SMILES string of the molecule is O=C(Nc1ccccc1)NC1(C(=O)O)CC1. The highest BCUT2D eigenvalue weighted by Crippen LogP contribution is 2.35. The van der Waals surface area contributed by atoms with Crippen LogP contribution in [-0.4, -0.2) is 22.6 Å². The molecule has 2 rings (SSSR count). The van der Waals surface area contributed by atoms with Gasteiger partial charge < -0.3 is 15.7 Å². The van der Waals surface area contributed by atoms with Crippen LogP contribution in [0.4, 0.5) is 10.5 Å². The zero-order valence-corrected chi connectivity index (χ0v) is 8.56. The molecule has 1 aromatic carbocycles. The summed E-state index contributed by atoms with van der Waals surface area (Å²) in [4.78, 5) is 22.3. The number of benzene rings is 1. The van der Waals surface area contributed by atoms with Crippen molar-refractivity contribution >= 4 is 17.7 Å². The average molecular weight is 220 g/mol. The largest absolute Gasteiger partial charge is 0.480 e. The molecule has 0 atom stereocenters. The smallest absolute Gasteiger partial charge is 0.329 e. The molecule has 0 radical (unpaired) electrons. The Morgan fingerprint density at radius 1 is 1.19 bits per heavy atom. The van der Waals surface area contributed by atoms with Gasteiger partial charge in [0.15, 0.2) is 0 Å². The number of rotatable bonds is 3. The molecule has 1 aliphatic carbocycles. The molecule has 2 amide bonds. The quantitative estimate of drug-likeness (QED) is 0.720. The number of nitrogens with one attached hydrogen (secondary N) is 2. The van der Waals surface area contributed by atoms with Gasteiger partial charge in [-0.05, 0) is 25.0 Å². The molecular formula is C11H12N2O3. The highest BCUT2D eigenvalue weighted by atomic mass is 16.4. The first-order valence-corrected chi connectivity index (χ1v) is 5.00. The number of amides is 2. The first-order valence-electron chi connectivity index (χ1n) is 5.00. The van der Waals surface area contributed by atoms with Gasteiger partial charge in [-0.2, -0.15) is 0 Å². The van der Waals surface area contributed by atoms with Crippen LogP contribution >= 0.6 is 0 Å². The van der Waals surface area contributed by atoms with Gasteiger partial charge in [-0.3, -0.25) is 0 Å². The van der Waals surface area contributed by atoms with Gasteiger partial charge >= 0.3 is 12.0 Å². The molecule has 0 bridgehead atoms. The molecule has 84 valence electrons. The third-order valence-electron chi connectivity index (χ3n) is 2.54. The molecule has 5 nitrogen and oxygen atoms in total. The summed E-state index contributed by atoms with van der Waals surface area (Å²) < 4.78 is 0. The maximum absolute atomic E-state index is 11.5. The van der Waals surface area contributed by atoms with Crippen molar-refractivity contribution < 1.29 is 14.7 Å². The summed E-state index contributed by atoms with van der Waals surface area (Å²) in [6.45, 7) is 0. The third kappa shape index (κ3) is 2.13. The number of aliphatic carboxylic acids is 1. The minimum Gasteiger partial charge on any atom is -0.480 e. The lowest BCUT2D eigenvalue weighted by molar-refractivity contribution is -0.140. The lowest BCUT2D eigenvalue weighted by Crippen LogP contribution is -2.45. The van der Waals surface area contributed by atoms with Crippen LogP contribution < -0.4 is 10.6 Å². The monoisotopic (exact) mass is 220 g/mol. The van der Waals surface area contributed by atoms with E-state index in [1.165, 1.54) is 0 Å². The molecule has 0 aliphatic heterocycles. The molecule has 1 saturated carbocycles. The predicted molar refractivity (Wildman–Crippen MR) is 58.2 cm³/mol. The van der Waals surface area contributed by atoms with Gasteiger partial charge in [0.05, 0.1) is 0 Å². The lowest BCUT2D eigenvalue weighted by Gasteiger charge is -2.13. The summed E-state index contributed by atoms with van der Waals surface area (Å²) in [5.74, 6) is -0.976. The number of hydrogen-bond donors (Lipinski definition) is 3. The fourth-order valence-electron chi connectivity index (χ4n) is 1.42. The van der Waals surface area contributed by atoms with Crippen molar-refractivity contribution in [1.82, 2.24) is 5.32 Å². The summed E-state index contributed by atoms with van der Waals surface area (Å²) in [7, 11) is 0. The molecule has 1 aliphatic rings. The Hall–Kier alpha value is -2.04. The number of anilines is 1. The fraction of sp³-hybridized carbons (Fsp3) is 0.273. The number of carbonyl (C=O) groups excluding carboxylic acids is 1. The lowest BCUT2D eigenvalue weighted by atomic mass is 10.3. The van der Waals surface area contributed by atoms with E-state index in [2.05, 4.69) is 10.6 Å². The Morgan fingerprint density at radius 3 is 2.31 bits per heavy atom. The van der Waals surface area contributed by atoms with E-state index in [9.17, 15) is 9.59 Å². The predicted octanol–water partition coefficient (Wildman–Crippen LogP) is 1.43. The fourth-order valence-corrected chi connectivity index (χ4v) is 1.42. The second-order valence-corrected chi connectivity index (χ2v) is 3.83. The first-order chi connectivity index (χ1) is 7.62. The van der Waals surface area contributed by atoms with Crippen molar-refractivity contribution in [3.05, 3.63) is 30.3 Å². The highest BCUT2D eigenvalue weighted by Gasteiger charge is 2.51. The van der Waals surface area contributed by atoms with Gasteiger partial charge in [0, 0.05) is 5.69 Å². The zero-order chi connectivity index (χ0) is 11.6. The van der Waals surface area contributed by atoms with E-state index in [4.69, 9.17) is 5.11 Å². The average Bonchev–Trinajstić information content (AvgIpc) is 3.00. The molecule has 0 unspecified atom stereocenters. The highest BCUT2D eigenvalue weighted by molar-refractivity contribution is 5.95. The Labute approximate surface area is 92.5 Å². The molecule has 1 aromatic rings. The normalized spacial score (nSPS) is 16.2. The van der Waals surface area contributed by atoms with Gasteiger partial charge in [-0.15, -0.1) is 0 Å². The van der Waals surface area contributed by atoms with Crippen LogP contribution in [0.5, 0.6) is 0 Å². The molecule has 0 heterocycles. The van der Waals surface area contributed by atoms with Crippen molar-refractivity contribution in [2.45, 2.75) is 18.4 Å². The summed E-state index contributed by atoms with van der Waals surface area (Å²) in [5.41, 5.74) is -0.403. The zero-order valence-electron chi connectivity index (χ0n) is 8.56. The van der Waals surface area contributed by atoms with Crippen LogP contribution in [0, 0.1) is 0 Å². The van der Waals surface area contributed by atoms with Crippen LogP contribution in [0.3, 0.4) is 0 Å². The van der Waals surface area contributed by atoms with Crippen LogP contribution in [0.25, 0.3) is 0 Å². The summed E-state index contributed by atoms with van der Waals surface area (Å²) in [6, 6.07) is 8.41. The minimum atomic E-state index is -1.04. The van der Waals surface area contributed by atoms with E-state index in [0.29, 0.717) is 18.5 Å². The van der Waals surface area contributed by atoms with Crippen molar-refractivity contribution in [1.29, 1.82) is 0 Å². The van der Waals surface area contributed by atoms with Crippen molar-refractivity contribution in [3.8, 4) is 0 Å². The number of para-hydroxylation sites is 1. The third-order valence-corrected chi connectivity index (χ3v) is 2.54. The van der Waals surface area contributed by atoms with Crippen LogP contribution in [0.15, 0.2) is 30.3 Å². The number of hydrogen-bond acceptors (Lipinski definition) is 2. The molecule has 3 N–H and O–H groups in total. The van der Waals surface area contributed by atoms with Gasteiger partial charge in [0.2, 0.25) is 0 Å². The topological polar surface area (TPSA) is 78.4 Å². The van der Waals surface area contributed by atoms with Crippen molar-refractivity contribution in [2.24, 2.45) is 0 Å². The molecular weight excluding hydrogens is 208 g/mol. The second-order valence-electron chi connectivity index (χ2n) is 3.83. The van der Waals surface area contributed by atoms with E-state index >= 15 is 0 Å². The summed E-state index contributed by atoms with van der Waals surface area (Å²) in [5, 5.41) is 13.9. The standard InChI is InChI=1S/C11H12N2O3/c14-9(15)11(6-7-11)13-10(16)12-8-4-2-1-3-5-8/h1-5H,6-7H2,(H,14,15)(H2,12,13,16).